The molecule has 0 spiro atoms. The van der Waals surface area contributed by atoms with Gasteiger partial charge in [-0.15, -0.1) is 0 Å². The number of nitrogens with zero attached hydrogens (tertiary/aromatic N) is 2. The maximum absolute atomic E-state index is 12.0. The number of hydrogen-bond donors (Lipinski definition) is 1. The van der Waals surface area contributed by atoms with Gasteiger partial charge in [0, 0.05) is 37.1 Å². The second-order valence-electron chi connectivity index (χ2n) is 6.33. The van der Waals surface area contributed by atoms with Crippen LogP contribution < -0.4 is 5.32 Å². The summed E-state index contributed by atoms with van der Waals surface area (Å²) in [7, 11) is 1.93. The molecule has 0 bridgehead atoms. The summed E-state index contributed by atoms with van der Waals surface area (Å²) in [5, 5.41) is 3.64. The fourth-order valence-corrected chi connectivity index (χ4v) is 2.98. The van der Waals surface area contributed by atoms with Gasteiger partial charge < -0.3 is 10.2 Å². The standard InChI is InChI=1S/C18H26ClN3O2/c1-14(15-6-8-16(19)9-7-15)21(2)13-17(23)20-10-4-12-22-11-3-5-18(22)24/h6-9,14H,3-5,10-13H2,1-2H3,(H,20,23). The lowest BCUT2D eigenvalue weighted by molar-refractivity contribution is -0.127. The van der Waals surface area contributed by atoms with E-state index in [2.05, 4.69) is 12.2 Å². The quantitative estimate of drug-likeness (QED) is 0.732. The molecule has 132 valence electrons. The number of benzene rings is 1. The Balaban J connectivity index is 1.67. The molecule has 1 saturated heterocycles. The predicted molar refractivity (Wildman–Crippen MR) is 95.9 cm³/mol. The van der Waals surface area contributed by atoms with Crippen LogP contribution >= 0.6 is 11.6 Å². The van der Waals surface area contributed by atoms with Gasteiger partial charge in [0.05, 0.1) is 6.54 Å². The van der Waals surface area contributed by atoms with E-state index in [4.69, 9.17) is 11.6 Å². The van der Waals surface area contributed by atoms with Gasteiger partial charge in [0.1, 0.15) is 0 Å². The van der Waals surface area contributed by atoms with Crippen molar-refractivity contribution in [1.29, 1.82) is 0 Å². The average Bonchev–Trinajstić information content (AvgIpc) is 2.96. The van der Waals surface area contributed by atoms with E-state index >= 15 is 0 Å². The van der Waals surface area contributed by atoms with E-state index in [0.29, 0.717) is 24.5 Å². The third-order valence-electron chi connectivity index (χ3n) is 4.50. The highest BCUT2D eigenvalue weighted by molar-refractivity contribution is 6.30. The van der Waals surface area contributed by atoms with Crippen LogP contribution in [0.5, 0.6) is 0 Å². The molecule has 1 fully saturated rings. The Labute approximate surface area is 149 Å². The maximum Gasteiger partial charge on any atom is 0.234 e. The maximum atomic E-state index is 12.0. The van der Waals surface area contributed by atoms with Crippen LogP contribution in [0.3, 0.4) is 0 Å². The minimum atomic E-state index is 0.00561. The highest BCUT2D eigenvalue weighted by Crippen LogP contribution is 2.20. The lowest BCUT2D eigenvalue weighted by Gasteiger charge is -2.24. The Bertz CT molecular complexity index is 562. The summed E-state index contributed by atoms with van der Waals surface area (Å²) in [6.45, 7) is 4.60. The zero-order chi connectivity index (χ0) is 17.5. The summed E-state index contributed by atoms with van der Waals surface area (Å²) in [6, 6.07) is 7.82. The second kappa shape index (κ2) is 9.04. The van der Waals surface area contributed by atoms with Crippen molar-refractivity contribution in [3.8, 4) is 0 Å². The van der Waals surface area contributed by atoms with E-state index < -0.39 is 0 Å². The molecule has 1 aromatic rings. The van der Waals surface area contributed by atoms with Crippen LogP contribution in [0.25, 0.3) is 0 Å². The van der Waals surface area contributed by atoms with Crippen LogP contribution in [0.2, 0.25) is 5.02 Å². The monoisotopic (exact) mass is 351 g/mol. The summed E-state index contributed by atoms with van der Waals surface area (Å²) < 4.78 is 0. The smallest absolute Gasteiger partial charge is 0.234 e. The number of rotatable bonds is 8. The first-order valence-electron chi connectivity index (χ1n) is 8.47. The van der Waals surface area contributed by atoms with Crippen LogP contribution in [0.15, 0.2) is 24.3 Å². The fraction of sp³-hybridized carbons (Fsp3) is 0.556. The zero-order valence-corrected chi connectivity index (χ0v) is 15.2. The number of likely N-dealkylation sites (N-methyl/N-ethyl adjacent to an activating group) is 1. The van der Waals surface area contributed by atoms with Crippen molar-refractivity contribution in [2.75, 3.05) is 33.2 Å². The minimum absolute atomic E-state index is 0.00561. The first kappa shape index (κ1) is 18.7. The van der Waals surface area contributed by atoms with Crippen molar-refractivity contribution in [1.82, 2.24) is 15.1 Å². The summed E-state index contributed by atoms with van der Waals surface area (Å²) >= 11 is 5.91. The van der Waals surface area contributed by atoms with Crippen molar-refractivity contribution in [2.24, 2.45) is 0 Å². The van der Waals surface area contributed by atoms with Crippen LogP contribution in [0.1, 0.15) is 37.8 Å². The normalized spacial score (nSPS) is 15.8. The van der Waals surface area contributed by atoms with Crippen molar-refractivity contribution in [3.05, 3.63) is 34.9 Å². The molecule has 1 aromatic carbocycles. The highest BCUT2D eigenvalue weighted by Gasteiger charge is 2.19. The highest BCUT2D eigenvalue weighted by atomic mass is 35.5. The van der Waals surface area contributed by atoms with Crippen LogP contribution in [-0.2, 0) is 9.59 Å². The number of hydrogen-bond acceptors (Lipinski definition) is 3. The van der Waals surface area contributed by atoms with Crippen LogP contribution in [0, 0.1) is 0 Å². The summed E-state index contributed by atoms with van der Waals surface area (Å²) in [4.78, 5) is 27.4. The topological polar surface area (TPSA) is 52.7 Å². The lowest BCUT2D eigenvalue weighted by atomic mass is 10.1. The molecule has 0 aliphatic carbocycles. The third-order valence-corrected chi connectivity index (χ3v) is 4.76. The van der Waals surface area contributed by atoms with Gasteiger partial charge in [-0.05, 0) is 44.5 Å². The summed E-state index contributed by atoms with van der Waals surface area (Å²) in [5.41, 5.74) is 1.13. The molecular formula is C18H26ClN3O2. The molecule has 1 aliphatic rings. The molecule has 24 heavy (non-hydrogen) atoms. The van der Waals surface area contributed by atoms with E-state index in [1.807, 2.05) is 41.1 Å². The van der Waals surface area contributed by atoms with Gasteiger partial charge in [0.15, 0.2) is 0 Å². The van der Waals surface area contributed by atoms with E-state index in [1.165, 1.54) is 0 Å². The summed E-state index contributed by atoms with van der Waals surface area (Å²) in [6.07, 6.45) is 2.42. The third kappa shape index (κ3) is 5.49. The molecule has 1 unspecified atom stereocenters. The largest absolute Gasteiger partial charge is 0.355 e. The first-order valence-corrected chi connectivity index (χ1v) is 8.85. The van der Waals surface area contributed by atoms with Gasteiger partial charge >= 0.3 is 0 Å². The molecule has 1 N–H and O–H groups in total. The van der Waals surface area contributed by atoms with E-state index in [1.54, 1.807) is 0 Å². The fourth-order valence-electron chi connectivity index (χ4n) is 2.85. The van der Waals surface area contributed by atoms with E-state index in [9.17, 15) is 9.59 Å². The van der Waals surface area contributed by atoms with Crippen molar-refractivity contribution < 1.29 is 9.59 Å². The molecule has 0 aromatic heterocycles. The number of halogens is 1. The molecule has 0 saturated carbocycles. The number of carbonyl (C=O) groups is 2. The molecule has 6 heteroatoms. The Kier molecular flexibility index (Phi) is 7.06. The van der Waals surface area contributed by atoms with Gasteiger partial charge in [0.2, 0.25) is 11.8 Å². The number of amides is 2. The molecular weight excluding hydrogens is 326 g/mol. The predicted octanol–water partition coefficient (Wildman–Crippen LogP) is 2.46. The lowest BCUT2D eigenvalue weighted by Crippen LogP contribution is -2.37. The number of likely N-dealkylation sites (tertiary alicyclic amines) is 1. The van der Waals surface area contributed by atoms with Crippen molar-refractivity contribution in [2.45, 2.75) is 32.2 Å². The Morgan fingerprint density at radius 2 is 2.08 bits per heavy atom. The SMILES string of the molecule is CC(c1ccc(Cl)cc1)N(C)CC(=O)NCCCN1CCCC1=O. The molecule has 1 aliphatic heterocycles. The van der Waals surface area contributed by atoms with Gasteiger partial charge in [-0.25, -0.2) is 0 Å². The molecule has 0 radical (unpaired) electrons. The Hall–Kier alpha value is -1.59. The average molecular weight is 352 g/mol. The molecule has 5 nitrogen and oxygen atoms in total. The van der Waals surface area contributed by atoms with Gasteiger partial charge in [-0.2, -0.15) is 0 Å². The number of nitrogens with one attached hydrogen (secondary N) is 1. The number of carbonyl (C=O) groups excluding carboxylic acids is 2. The van der Waals surface area contributed by atoms with Gasteiger partial charge in [-0.1, -0.05) is 23.7 Å². The molecule has 2 rings (SSSR count). The van der Waals surface area contributed by atoms with E-state index in [-0.39, 0.29) is 17.9 Å². The van der Waals surface area contributed by atoms with E-state index in [0.717, 1.165) is 31.5 Å². The van der Waals surface area contributed by atoms with Crippen LogP contribution in [-0.4, -0.2) is 54.8 Å². The van der Waals surface area contributed by atoms with Crippen molar-refractivity contribution in [3.63, 3.8) is 0 Å². The molecule has 2 amide bonds. The van der Waals surface area contributed by atoms with Crippen LogP contribution in [0.4, 0.5) is 0 Å². The zero-order valence-electron chi connectivity index (χ0n) is 14.4. The molecule has 1 heterocycles. The minimum Gasteiger partial charge on any atom is -0.355 e. The summed E-state index contributed by atoms with van der Waals surface area (Å²) in [5.74, 6) is 0.240. The Morgan fingerprint density at radius 3 is 2.71 bits per heavy atom. The van der Waals surface area contributed by atoms with Gasteiger partial charge in [0.25, 0.3) is 0 Å². The first-order chi connectivity index (χ1) is 11.5. The molecule has 1 atom stereocenters. The van der Waals surface area contributed by atoms with Gasteiger partial charge in [-0.3, -0.25) is 14.5 Å². The Morgan fingerprint density at radius 1 is 1.38 bits per heavy atom. The van der Waals surface area contributed by atoms with Crippen molar-refractivity contribution >= 4 is 23.4 Å². The second-order valence-corrected chi connectivity index (χ2v) is 6.77.